The van der Waals surface area contributed by atoms with E-state index in [1.54, 1.807) is 0 Å². The summed E-state index contributed by atoms with van der Waals surface area (Å²) in [7, 11) is 5.99. The number of rotatable bonds is 14. The number of esters is 1. The van der Waals surface area contributed by atoms with Crippen LogP contribution in [0, 0.1) is 0 Å². The van der Waals surface area contributed by atoms with E-state index in [2.05, 4.69) is 6.92 Å². The van der Waals surface area contributed by atoms with E-state index in [1.165, 1.54) is 38.5 Å². The monoisotopic (exact) mass is 348 g/mol. The van der Waals surface area contributed by atoms with Crippen molar-refractivity contribution in [1.82, 2.24) is 0 Å². The molecule has 0 aromatic rings. The summed E-state index contributed by atoms with van der Waals surface area (Å²) in [5.41, 5.74) is 0. The lowest BCUT2D eigenvalue weighted by Crippen LogP contribution is -2.43. The van der Waals surface area contributed by atoms with Crippen molar-refractivity contribution < 1.29 is 18.8 Å². The molecule has 23 heavy (non-hydrogen) atoms. The smallest absolute Gasteiger partial charge is 0.306 e. The van der Waals surface area contributed by atoms with Crippen molar-refractivity contribution in [2.45, 2.75) is 77.2 Å². The highest BCUT2D eigenvalue weighted by Crippen LogP contribution is 2.12. The quantitative estimate of drug-likeness (QED) is 0.203. The Labute approximate surface area is 147 Å². The number of ether oxygens (including phenoxy) is 1. The summed E-state index contributed by atoms with van der Waals surface area (Å²) in [5.74, 6) is -0.215. The van der Waals surface area contributed by atoms with Crippen molar-refractivity contribution in [3.05, 3.63) is 0 Å². The maximum atomic E-state index is 11.9. The molecular weight excluding hydrogens is 314 g/mol. The van der Waals surface area contributed by atoms with E-state index in [-0.39, 0.29) is 12.4 Å². The lowest BCUT2D eigenvalue weighted by Gasteiger charge is -2.28. The van der Waals surface area contributed by atoms with E-state index in [4.69, 9.17) is 16.3 Å². The fraction of sp³-hybridized carbons (Fsp3) is 0.889. The molecule has 0 heterocycles. The average molecular weight is 349 g/mol. The van der Waals surface area contributed by atoms with Gasteiger partial charge in [-0.25, -0.2) is 0 Å². The first-order valence-corrected chi connectivity index (χ1v) is 9.30. The van der Waals surface area contributed by atoms with Gasteiger partial charge in [-0.05, 0) is 18.0 Å². The van der Waals surface area contributed by atoms with E-state index >= 15 is 0 Å². The molecule has 1 atom stereocenters. The lowest BCUT2D eigenvalue weighted by atomic mass is 10.1. The second-order valence-electron chi connectivity index (χ2n) is 7.37. The lowest BCUT2D eigenvalue weighted by molar-refractivity contribution is -0.873. The van der Waals surface area contributed by atoms with Gasteiger partial charge in [-0.15, -0.1) is 0 Å². The summed E-state index contributed by atoms with van der Waals surface area (Å²) >= 11 is 5.45. The number of halogens is 1. The molecule has 0 saturated carbocycles. The molecule has 0 amide bonds. The molecule has 0 bridgehead atoms. The van der Waals surface area contributed by atoms with Crippen LogP contribution in [-0.4, -0.2) is 49.5 Å². The van der Waals surface area contributed by atoms with Crippen molar-refractivity contribution in [2.75, 3.05) is 27.7 Å². The summed E-state index contributed by atoms with van der Waals surface area (Å²) in [4.78, 5) is 23.0. The molecule has 0 aromatic carbocycles. The first-order chi connectivity index (χ1) is 10.7. The molecule has 0 N–H and O–H groups in total. The van der Waals surface area contributed by atoms with Gasteiger partial charge >= 0.3 is 5.97 Å². The molecule has 136 valence electrons. The summed E-state index contributed by atoms with van der Waals surface area (Å²) < 4.78 is 6.06. The molecular formula is C18H35ClNO3+. The van der Waals surface area contributed by atoms with Crippen LogP contribution in [0.2, 0.25) is 0 Å². The Bertz CT molecular complexity index is 340. The Kier molecular flexibility index (Phi) is 12.4. The molecule has 0 fully saturated rings. The zero-order valence-corrected chi connectivity index (χ0v) is 16.2. The fourth-order valence-corrected chi connectivity index (χ4v) is 2.75. The maximum Gasteiger partial charge on any atom is 0.306 e. The van der Waals surface area contributed by atoms with Crippen LogP contribution in [0.1, 0.15) is 71.1 Å². The van der Waals surface area contributed by atoms with Gasteiger partial charge in [-0.2, -0.15) is 0 Å². The SMILES string of the molecule is CCCCCCCCCCC(=O)OC(CC(=O)Cl)C[N+](C)(C)C. The molecule has 5 heteroatoms. The standard InChI is InChI=1S/C18H35ClNO3/c1-5-6-7-8-9-10-11-12-13-18(22)23-16(14-17(19)21)15-20(2,3)4/h16H,5-15H2,1-4H3/q+1. The van der Waals surface area contributed by atoms with Crippen LogP contribution in [0.15, 0.2) is 0 Å². The van der Waals surface area contributed by atoms with Crippen LogP contribution in [0.3, 0.4) is 0 Å². The van der Waals surface area contributed by atoms with E-state index in [0.717, 1.165) is 12.8 Å². The molecule has 0 aliphatic rings. The summed E-state index contributed by atoms with van der Waals surface area (Å²) in [6.45, 7) is 2.80. The zero-order chi connectivity index (χ0) is 17.7. The third-order valence-electron chi connectivity index (χ3n) is 3.67. The van der Waals surface area contributed by atoms with Gasteiger partial charge in [0.1, 0.15) is 6.54 Å². The third-order valence-corrected chi connectivity index (χ3v) is 3.83. The van der Waals surface area contributed by atoms with Crippen molar-refractivity contribution in [3.63, 3.8) is 0 Å². The van der Waals surface area contributed by atoms with Crippen molar-refractivity contribution >= 4 is 22.8 Å². The molecule has 0 spiro atoms. The number of hydrogen-bond donors (Lipinski definition) is 0. The summed E-state index contributed by atoms with van der Waals surface area (Å²) in [5, 5.41) is -0.455. The molecule has 0 aromatic heterocycles. The Morgan fingerprint density at radius 3 is 1.96 bits per heavy atom. The molecule has 0 radical (unpaired) electrons. The predicted molar refractivity (Wildman–Crippen MR) is 95.5 cm³/mol. The van der Waals surface area contributed by atoms with Crippen molar-refractivity contribution in [2.24, 2.45) is 0 Å². The van der Waals surface area contributed by atoms with Gasteiger partial charge < -0.3 is 9.22 Å². The second-order valence-corrected chi connectivity index (χ2v) is 7.79. The highest BCUT2D eigenvalue weighted by atomic mass is 35.5. The average Bonchev–Trinajstić information content (AvgIpc) is 2.39. The number of quaternary nitrogens is 1. The maximum absolute atomic E-state index is 11.9. The first-order valence-electron chi connectivity index (χ1n) is 8.93. The second kappa shape index (κ2) is 12.8. The minimum atomic E-state index is -0.455. The van der Waals surface area contributed by atoms with Crippen LogP contribution < -0.4 is 0 Å². The number of carbonyl (C=O) groups excluding carboxylic acids is 2. The molecule has 1 unspecified atom stereocenters. The van der Waals surface area contributed by atoms with Crippen molar-refractivity contribution in [3.8, 4) is 0 Å². The topological polar surface area (TPSA) is 43.4 Å². The number of likely N-dealkylation sites (N-methyl/N-ethyl adjacent to an activating group) is 1. The van der Waals surface area contributed by atoms with Gasteiger partial charge in [-0.1, -0.05) is 51.9 Å². The zero-order valence-electron chi connectivity index (χ0n) is 15.4. The minimum absolute atomic E-state index is 0.0836. The number of carbonyl (C=O) groups is 2. The number of unbranched alkanes of at least 4 members (excludes halogenated alkanes) is 7. The van der Waals surface area contributed by atoms with Crippen LogP contribution in [0.5, 0.6) is 0 Å². The molecule has 0 saturated heterocycles. The largest absolute Gasteiger partial charge is 0.456 e. The van der Waals surface area contributed by atoms with Crippen LogP contribution in [-0.2, 0) is 14.3 Å². The predicted octanol–water partition coefficient (Wildman–Crippen LogP) is 4.29. The van der Waals surface area contributed by atoms with Gasteiger partial charge in [0.05, 0.1) is 27.6 Å². The van der Waals surface area contributed by atoms with Crippen LogP contribution in [0.4, 0.5) is 0 Å². The summed E-state index contributed by atoms with van der Waals surface area (Å²) in [6.07, 6.45) is 9.64. The summed E-state index contributed by atoms with van der Waals surface area (Å²) in [6, 6.07) is 0. The molecule has 4 nitrogen and oxygen atoms in total. The minimum Gasteiger partial charge on any atom is -0.456 e. The van der Waals surface area contributed by atoms with E-state index in [1.807, 2.05) is 21.1 Å². The van der Waals surface area contributed by atoms with Crippen LogP contribution >= 0.6 is 11.6 Å². The van der Waals surface area contributed by atoms with Crippen molar-refractivity contribution in [1.29, 1.82) is 0 Å². The van der Waals surface area contributed by atoms with Gasteiger partial charge in [0, 0.05) is 6.42 Å². The Hall–Kier alpha value is -0.610. The van der Waals surface area contributed by atoms with E-state index < -0.39 is 11.3 Å². The highest BCUT2D eigenvalue weighted by Gasteiger charge is 2.24. The van der Waals surface area contributed by atoms with E-state index in [9.17, 15) is 9.59 Å². The van der Waals surface area contributed by atoms with E-state index in [0.29, 0.717) is 17.4 Å². The van der Waals surface area contributed by atoms with Gasteiger partial charge in [0.15, 0.2) is 6.10 Å². The molecule has 0 aliphatic heterocycles. The third kappa shape index (κ3) is 16.0. The Morgan fingerprint density at radius 2 is 1.48 bits per heavy atom. The number of nitrogens with zero attached hydrogens (tertiary/aromatic N) is 1. The first kappa shape index (κ1) is 22.4. The molecule has 0 aliphatic carbocycles. The fourth-order valence-electron chi connectivity index (χ4n) is 2.58. The normalized spacial score (nSPS) is 12.9. The van der Waals surface area contributed by atoms with Gasteiger partial charge in [0.2, 0.25) is 5.24 Å². The van der Waals surface area contributed by atoms with Crippen LogP contribution in [0.25, 0.3) is 0 Å². The Morgan fingerprint density at radius 1 is 0.957 bits per heavy atom. The Balaban J connectivity index is 3.88. The van der Waals surface area contributed by atoms with Gasteiger partial charge in [-0.3, -0.25) is 9.59 Å². The van der Waals surface area contributed by atoms with Gasteiger partial charge in [0.25, 0.3) is 0 Å². The molecule has 0 rings (SSSR count). The number of hydrogen-bond acceptors (Lipinski definition) is 3. The highest BCUT2D eigenvalue weighted by molar-refractivity contribution is 6.63.